The first-order chi connectivity index (χ1) is 20.3. The number of thiazole rings is 2. The molecule has 1 atom stereocenters. The van der Waals surface area contributed by atoms with Gasteiger partial charge in [-0.15, -0.1) is 11.3 Å². The number of aromatic nitrogens is 2. The second-order valence-corrected chi connectivity index (χ2v) is 12.1. The summed E-state index contributed by atoms with van der Waals surface area (Å²) in [5.41, 5.74) is 1.76. The molecule has 0 bridgehead atoms. The van der Waals surface area contributed by atoms with E-state index in [1.165, 1.54) is 27.6 Å². The SMILES string of the molecule is CCCCCOc1ccc(C2C(C(=O)c3sc(C)nc3C)=C(O)C(=O)N2c2nc3ccc(OCC)cc3s2)cc1OC. The van der Waals surface area contributed by atoms with Crippen LogP contribution in [0.2, 0.25) is 0 Å². The van der Waals surface area contributed by atoms with Crippen LogP contribution in [0.15, 0.2) is 47.7 Å². The topological polar surface area (TPSA) is 111 Å². The first-order valence-electron chi connectivity index (χ1n) is 13.9. The Bertz CT molecular complexity index is 1670. The van der Waals surface area contributed by atoms with E-state index in [0.717, 1.165) is 29.0 Å². The van der Waals surface area contributed by atoms with Gasteiger partial charge in [0.2, 0.25) is 5.78 Å². The van der Waals surface area contributed by atoms with Gasteiger partial charge in [0.1, 0.15) is 5.75 Å². The van der Waals surface area contributed by atoms with Crippen LogP contribution in [0, 0.1) is 13.8 Å². The molecule has 9 nitrogen and oxygen atoms in total. The number of hydrogen-bond donors (Lipinski definition) is 1. The van der Waals surface area contributed by atoms with Gasteiger partial charge in [0.05, 0.1) is 57.7 Å². The lowest BCUT2D eigenvalue weighted by Gasteiger charge is -2.25. The average Bonchev–Trinajstić information content (AvgIpc) is 3.63. The third-order valence-electron chi connectivity index (χ3n) is 6.94. The standard InChI is InChI=1S/C31H33N3O6S2/c1-6-8-9-14-40-22-13-10-19(15-23(22)38-5)26-25(27(35)29-17(3)32-18(4)41-29)28(36)30(37)34(26)31-33-21-12-11-20(39-7-2)16-24(21)42-31/h10-13,15-16,26,36H,6-9,14H2,1-5H3. The predicted molar refractivity (Wildman–Crippen MR) is 165 cm³/mol. The quantitative estimate of drug-likeness (QED) is 0.134. The summed E-state index contributed by atoms with van der Waals surface area (Å²) in [4.78, 5) is 38.6. The lowest BCUT2D eigenvalue weighted by Crippen LogP contribution is -2.31. The van der Waals surface area contributed by atoms with Gasteiger partial charge in [0, 0.05) is 0 Å². The number of aliphatic hydroxyl groups is 1. The third kappa shape index (κ3) is 5.58. The molecule has 1 N–H and O–H groups in total. The highest BCUT2D eigenvalue weighted by Gasteiger charge is 2.46. The summed E-state index contributed by atoms with van der Waals surface area (Å²) in [7, 11) is 1.54. The van der Waals surface area contributed by atoms with Crippen molar-refractivity contribution in [3.05, 3.63) is 68.9 Å². The lowest BCUT2D eigenvalue weighted by atomic mass is 9.95. The van der Waals surface area contributed by atoms with Crippen LogP contribution >= 0.6 is 22.7 Å². The average molecular weight is 608 g/mol. The molecular formula is C31H33N3O6S2. The molecule has 42 heavy (non-hydrogen) atoms. The number of ether oxygens (including phenoxy) is 3. The highest BCUT2D eigenvalue weighted by molar-refractivity contribution is 7.22. The summed E-state index contributed by atoms with van der Waals surface area (Å²) in [6.45, 7) is 8.66. The molecule has 2 aromatic carbocycles. The predicted octanol–water partition coefficient (Wildman–Crippen LogP) is 7.13. The van der Waals surface area contributed by atoms with Gasteiger partial charge in [-0.2, -0.15) is 0 Å². The van der Waals surface area contributed by atoms with E-state index in [2.05, 4.69) is 11.9 Å². The number of amides is 1. The molecule has 0 fully saturated rings. The van der Waals surface area contributed by atoms with Gasteiger partial charge in [0.25, 0.3) is 5.91 Å². The normalized spacial score (nSPS) is 15.1. The fourth-order valence-electron chi connectivity index (χ4n) is 4.97. The van der Waals surface area contributed by atoms with Gasteiger partial charge in [-0.25, -0.2) is 9.97 Å². The Labute approximate surface area is 252 Å². The van der Waals surface area contributed by atoms with Crippen LogP contribution in [0.4, 0.5) is 5.13 Å². The molecule has 11 heteroatoms. The van der Waals surface area contributed by atoms with Gasteiger partial charge in [0.15, 0.2) is 22.4 Å². The van der Waals surface area contributed by atoms with E-state index >= 15 is 0 Å². The molecule has 0 aliphatic carbocycles. The number of fused-ring (bicyclic) bond motifs is 1. The second-order valence-electron chi connectivity index (χ2n) is 9.84. The summed E-state index contributed by atoms with van der Waals surface area (Å²) in [5.74, 6) is -0.0443. The summed E-state index contributed by atoms with van der Waals surface area (Å²) in [6.07, 6.45) is 3.05. The van der Waals surface area contributed by atoms with Crippen molar-refractivity contribution < 1.29 is 28.9 Å². The van der Waals surface area contributed by atoms with Crippen LogP contribution in [0.1, 0.15) is 65.1 Å². The van der Waals surface area contributed by atoms with E-state index in [1.807, 2.05) is 32.0 Å². The Morgan fingerprint density at radius 2 is 1.83 bits per heavy atom. The first kappa shape index (κ1) is 29.5. The molecule has 3 heterocycles. The number of unbranched alkanes of at least 4 members (excludes halogenated alkanes) is 2. The van der Waals surface area contributed by atoms with Crippen LogP contribution in [-0.2, 0) is 4.79 Å². The van der Waals surface area contributed by atoms with Gasteiger partial charge >= 0.3 is 0 Å². The maximum Gasteiger partial charge on any atom is 0.296 e. The molecule has 0 saturated heterocycles. The van der Waals surface area contributed by atoms with Gasteiger partial charge in [-0.05, 0) is 63.1 Å². The summed E-state index contributed by atoms with van der Waals surface area (Å²) < 4.78 is 18.1. The lowest BCUT2D eigenvalue weighted by molar-refractivity contribution is -0.117. The number of Topliss-reactive ketones (excluding diaryl/α,β-unsaturated/α-hetero) is 1. The number of carbonyl (C=O) groups excluding carboxylic acids is 2. The summed E-state index contributed by atoms with van der Waals surface area (Å²) >= 11 is 2.52. The zero-order valence-corrected chi connectivity index (χ0v) is 25.9. The maximum absolute atomic E-state index is 14.0. The number of anilines is 1. The Kier molecular flexibility index (Phi) is 8.79. The number of hydrogen-bond acceptors (Lipinski definition) is 10. The largest absolute Gasteiger partial charge is 0.503 e. The third-order valence-corrected chi connectivity index (χ3v) is 9.03. The van der Waals surface area contributed by atoms with Crippen molar-refractivity contribution in [2.45, 2.75) is 53.0 Å². The van der Waals surface area contributed by atoms with Crippen molar-refractivity contribution in [1.82, 2.24) is 9.97 Å². The van der Waals surface area contributed by atoms with Crippen molar-refractivity contribution in [2.75, 3.05) is 25.2 Å². The Balaban J connectivity index is 1.61. The molecular weight excluding hydrogens is 574 g/mol. The monoisotopic (exact) mass is 607 g/mol. The van der Waals surface area contributed by atoms with Crippen LogP contribution in [0.5, 0.6) is 17.2 Å². The van der Waals surface area contributed by atoms with Crippen molar-refractivity contribution in [1.29, 1.82) is 0 Å². The number of benzene rings is 2. The second kappa shape index (κ2) is 12.5. The van der Waals surface area contributed by atoms with Gasteiger partial charge in [-0.1, -0.05) is 37.2 Å². The molecule has 1 unspecified atom stereocenters. The number of nitrogens with zero attached hydrogens (tertiary/aromatic N) is 3. The van der Waals surface area contributed by atoms with Crippen LogP contribution in [-0.4, -0.2) is 47.1 Å². The van der Waals surface area contributed by atoms with E-state index in [-0.39, 0.29) is 5.57 Å². The summed E-state index contributed by atoms with van der Waals surface area (Å²) in [6, 6.07) is 9.87. The van der Waals surface area contributed by atoms with Crippen molar-refractivity contribution in [3.63, 3.8) is 0 Å². The van der Waals surface area contributed by atoms with E-state index in [4.69, 9.17) is 19.2 Å². The molecule has 2 aromatic heterocycles. The number of carbonyl (C=O) groups is 2. The first-order valence-corrected chi connectivity index (χ1v) is 15.5. The molecule has 1 amide bonds. The Morgan fingerprint density at radius 1 is 1.02 bits per heavy atom. The van der Waals surface area contributed by atoms with Crippen molar-refractivity contribution in [2.24, 2.45) is 0 Å². The number of ketones is 1. The highest BCUT2D eigenvalue weighted by Crippen LogP contribution is 2.46. The smallest absolute Gasteiger partial charge is 0.296 e. The maximum atomic E-state index is 14.0. The molecule has 0 spiro atoms. The number of rotatable bonds is 12. The summed E-state index contributed by atoms with van der Waals surface area (Å²) in [5, 5.41) is 12.3. The molecule has 1 aliphatic heterocycles. The van der Waals surface area contributed by atoms with E-state index in [1.54, 1.807) is 32.2 Å². The van der Waals surface area contributed by atoms with Crippen molar-refractivity contribution >= 4 is 49.7 Å². The number of aliphatic hydroxyl groups excluding tert-OH is 1. The van der Waals surface area contributed by atoms with E-state index in [9.17, 15) is 14.7 Å². The number of aryl methyl sites for hydroxylation is 2. The minimum Gasteiger partial charge on any atom is -0.503 e. The Morgan fingerprint density at radius 3 is 2.52 bits per heavy atom. The zero-order chi connectivity index (χ0) is 30.0. The molecule has 5 rings (SSSR count). The van der Waals surface area contributed by atoms with Crippen LogP contribution < -0.4 is 19.1 Å². The molecule has 0 saturated carbocycles. The van der Waals surface area contributed by atoms with Gasteiger partial charge < -0.3 is 19.3 Å². The Hall–Kier alpha value is -3.96. The fraction of sp³-hybridized carbons (Fsp3) is 0.355. The highest BCUT2D eigenvalue weighted by atomic mass is 32.1. The molecule has 4 aromatic rings. The minimum absolute atomic E-state index is 0.0281. The zero-order valence-electron chi connectivity index (χ0n) is 24.2. The molecule has 1 aliphatic rings. The minimum atomic E-state index is -0.957. The molecule has 220 valence electrons. The van der Waals surface area contributed by atoms with Gasteiger partial charge in [-0.3, -0.25) is 14.5 Å². The fourth-order valence-corrected chi connectivity index (χ4v) is 6.87. The van der Waals surface area contributed by atoms with E-state index < -0.39 is 23.5 Å². The number of methoxy groups -OCH3 is 1. The molecule has 0 radical (unpaired) electrons. The van der Waals surface area contributed by atoms with Crippen molar-refractivity contribution in [3.8, 4) is 17.2 Å². The van der Waals surface area contributed by atoms with Crippen LogP contribution in [0.25, 0.3) is 10.2 Å². The van der Waals surface area contributed by atoms with E-state index in [0.29, 0.717) is 57.2 Å². The van der Waals surface area contributed by atoms with Crippen LogP contribution in [0.3, 0.4) is 0 Å².